The zero-order valence-corrected chi connectivity index (χ0v) is 7.11. The first-order chi connectivity index (χ1) is 4.54. The molecule has 0 radical (unpaired) electrons. The lowest BCUT2D eigenvalue weighted by atomic mass is 9.92. The summed E-state index contributed by atoms with van der Waals surface area (Å²) in [5, 5.41) is 0. The van der Waals surface area contributed by atoms with Crippen molar-refractivity contribution in [1.82, 2.24) is 0 Å². The second-order valence-electron chi connectivity index (χ2n) is 2.94. The molecule has 0 aromatic rings. The number of nitrogens with two attached hydrogens (primary N) is 1. The van der Waals surface area contributed by atoms with Gasteiger partial charge in [-0.1, -0.05) is 20.4 Å². The minimum Gasteiger partial charge on any atom is -0.498 e. The molecule has 0 atom stereocenters. The highest BCUT2D eigenvalue weighted by molar-refractivity contribution is 4.99. The molecule has 0 spiro atoms. The van der Waals surface area contributed by atoms with E-state index < -0.39 is 0 Å². The van der Waals surface area contributed by atoms with E-state index in [2.05, 4.69) is 6.58 Å². The summed E-state index contributed by atoms with van der Waals surface area (Å²) in [5.74, 6) is 0.775. The fourth-order valence-corrected chi connectivity index (χ4v) is 0.483. The lowest BCUT2D eigenvalue weighted by Crippen LogP contribution is -2.26. The van der Waals surface area contributed by atoms with Crippen LogP contribution in [0.1, 0.15) is 20.8 Å². The predicted octanol–water partition coefficient (Wildman–Crippen LogP) is 1.52. The molecule has 0 bridgehead atoms. The van der Waals surface area contributed by atoms with Gasteiger partial charge in [-0.25, -0.2) is 0 Å². The second-order valence-corrected chi connectivity index (χ2v) is 2.94. The molecule has 0 aliphatic heterocycles. The molecule has 60 valence electrons. The largest absolute Gasteiger partial charge is 0.498 e. The van der Waals surface area contributed by atoms with E-state index in [0.717, 1.165) is 5.76 Å². The van der Waals surface area contributed by atoms with Crippen LogP contribution in [-0.4, -0.2) is 13.2 Å². The maximum Gasteiger partial charge on any atom is 0.0956 e. The van der Waals surface area contributed by atoms with E-state index in [9.17, 15) is 0 Å². The van der Waals surface area contributed by atoms with Gasteiger partial charge in [0.05, 0.1) is 12.4 Å². The van der Waals surface area contributed by atoms with E-state index in [-0.39, 0.29) is 5.41 Å². The van der Waals surface area contributed by atoms with Crippen molar-refractivity contribution in [2.45, 2.75) is 20.8 Å². The number of rotatable bonds is 4. The Morgan fingerprint density at radius 1 is 1.60 bits per heavy atom. The molecular weight excluding hydrogens is 126 g/mol. The van der Waals surface area contributed by atoms with Crippen LogP contribution in [0.2, 0.25) is 0 Å². The number of hydrogen-bond donors (Lipinski definition) is 1. The first-order valence-electron chi connectivity index (χ1n) is 3.57. The summed E-state index contributed by atoms with van der Waals surface area (Å²) in [6.07, 6.45) is 0. The standard InChI is InChI=1S/C8H17NO/c1-5-10-7(2)8(3,4)6-9/h2,5-6,9H2,1,3-4H3. The van der Waals surface area contributed by atoms with Gasteiger partial charge in [-0.3, -0.25) is 0 Å². The van der Waals surface area contributed by atoms with Crippen LogP contribution in [-0.2, 0) is 4.74 Å². The van der Waals surface area contributed by atoms with Crippen LogP contribution in [0.5, 0.6) is 0 Å². The fourth-order valence-electron chi connectivity index (χ4n) is 0.483. The predicted molar refractivity (Wildman–Crippen MR) is 43.6 cm³/mol. The Morgan fingerprint density at radius 3 is 2.40 bits per heavy atom. The highest BCUT2D eigenvalue weighted by Gasteiger charge is 2.20. The lowest BCUT2D eigenvalue weighted by molar-refractivity contribution is 0.160. The van der Waals surface area contributed by atoms with E-state index in [1.807, 2.05) is 20.8 Å². The highest BCUT2D eigenvalue weighted by Crippen LogP contribution is 2.23. The molecule has 0 rings (SSSR count). The SMILES string of the molecule is C=C(OCC)C(C)(C)CN. The Labute approximate surface area is 63.1 Å². The first kappa shape index (κ1) is 9.50. The molecule has 2 N–H and O–H groups in total. The van der Waals surface area contributed by atoms with E-state index in [1.54, 1.807) is 0 Å². The molecule has 0 aliphatic rings. The van der Waals surface area contributed by atoms with E-state index in [4.69, 9.17) is 10.5 Å². The zero-order valence-electron chi connectivity index (χ0n) is 7.11. The Kier molecular flexibility index (Phi) is 3.43. The zero-order chi connectivity index (χ0) is 8.20. The van der Waals surface area contributed by atoms with Crippen LogP contribution in [0.15, 0.2) is 12.3 Å². The van der Waals surface area contributed by atoms with Gasteiger partial charge in [0.25, 0.3) is 0 Å². The molecule has 10 heavy (non-hydrogen) atoms. The average molecular weight is 143 g/mol. The molecule has 0 amide bonds. The van der Waals surface area contributed by atoms with Crippen molar-refractivity contribution in [2.24, 2.45) is 11.1 Å². The molecule has 0 heterocycles. The van der Waals surface area contributed by atoms with Gasteiger partial charge < -0.3 is 10.5 Å². The number of ether oxygens (including phenoxy) is 1. The minimum absolute atomic E-state index is 0.0873. The van der Waals surface area contributed by atoms with Gasteiger partial charge >= 0.3 is 0 Å². The fraction of sp³-hybridized carbons (Fsp3) is 0.750. The van der Waals surface area contributed by atoms with Gasteiger partial charge in [0, 0.05) is 12.0 Å². The normalized spacial score (nSPS) is 11.2. The summed E-state index contributed by atoms with van der Waals surface area (Å²) in [6, 6.07) is 0. The average Bonchev–Trinajstić information content (AvgIpc) is 1.89. The summed E-state index contributed by atoms with van der Waals surface area (Å²) < 4.78 is 5.22. The van der Waals surface area contributed by atoms with Crippen molar-refractivity contribution in [1.29, 1.82) is 0 Å². The van der Waals surface area contributed by atoms with E-state index in [0.29, 0.717) is 13.2 Å². The molecule has 2 nitrogen and oxygen atoms in total. The van der Waals surface area contributed by atoms with Gasteiger partial charge in [0.1, 0.15) is 0 Å². The summed E-state index contributed by atoms with van der Waals surface area (Å²) in [4.78, 5) is 0. The van der Waals surface area contributed by atoms with Crippen molar-refractivity contribution < 1.29 is 4.74 Å². The Hall–Kier alpha value is -0.500. The topological polar surface area (TPSA) is 35.2 Å². The minimum atomic E-state index is -0.0873. The molecular formula is C8H17NO. The third-order valence-electron chi connectivity index (χ3n) is 1.58. The monoisotopic (exact) mass is 143 g/mol. The molecule has 0 aromatic carbocycles. The summed E-state index contributed by atoms with van der Waals surface area (Å²) in [5.41, 5.74) is 5.41. The Morgan fingerprint density at radius 2 is 2.10 bits per heavy atom. The van der Waals surface area contributed by atoms with Gasteiger partial charge in [0.2, 0.25) is 0 Å². The second kappa shape index (κ2) is 3.62. The maximum absolute atomic E-state index is 5.50. The van der Waals surface area contributed by atoms with Gasteiger partial charge in [0.15, 0.2) is 0 Å². The molecule has 0 aliphatic carbocycles. The third kappa shape index (κ3) is 2.40. The van der Waals surface area contributed by atoms with E-state index in [1.165, 1.54) is 0 Å². The molecule has 0 saturated heterocycles. The van der Waals surface area contributed by atoms with Crippen molar-refractivity contribution in [3.8, 4) is 0 Å². The Balaban J connectivity index is 3.91. The van der Waals surface area contributed by atoms with Crippen molar-refractivity contribution in [3.63, 3.8) is 0 Å². The van der Waals surface area contributed by atoms with Gasteiger partial charge in [-0.15, -0.1) is 0 Å². The molecule has 0 aromatic heterocycles. The van der Waals surface area contributed by atoms with Crippen LogP contribution in [0.4, 0.5) is 0 Å². The van der Waals surface area contributed by atoms with Crippen molar-refractivity contribution in [2.75, 3.05) is 13.2 Å². The molecule has 2 heteroatoms. The first-order valence-corrected chi connectivity index (χ1v) is 3.57. The Bertz CT molecular complexity index is 118. The molecule has 0 saturated carbocycles. The van der Waals surface area contributed by atoms with Gasteiger partial charge in [-0.05, 0) is 6.92 Å². The van der Waals surface area contributed by atoms with Crippen LogP contribution < -0.4 is 5.73 Å². The highest BCUT2D eigenvalue weighted by atomic mass is 16.5. The summed E-state index contributed by atoms with van der Waals surface area (Å²) in [7, 11) is 0. The van der Waals surface area contributed by atoms with Crippen LogP contribution >= 0.6 is 0 Å². The van der Waals surface area contributed by atoms with Crippen LogP contribution in [0, 0.1) is 5.41 Å². The molecule has 0 unspecified atom stereocenters. The van der Waals surface area contributed by atoms with Crippen molar-refractivity contribution in [3.05, 3.63) is 12.3 Å². The number of hydrogen-bond acceptors (Lipinski definition) is 2. The maximum atomic E-state index is 5.50. The third-order valence-corrected chi connectivity index (χ3v) is 1.58. The quantitative estimate of drug-likeness (QED) is 0.605. The van der Waals surface area contributed by atoms with E-state index >= 15 is 0 Å². The lowest BCUT2D eigenvalue weighted by Gasteiger charge is -2.24. The smallest absolute Gasteiger partial charge is 0.0956 e. The summed E-state index contributed by atoms with van der Waals surface area (Å²) >= 11 is 0. The molecule has 0 fully saturated rings. The van der Waals surface area contributed by atoms with Gasteiger partial charge in [-0.2, -0.15) is 0 Å². The van der Waals surface area contributed by atoms with Crippen LogP contribution in [0.25, 0.3) is 0 Å². The summed E-state index contributed by atoms with van der Waals surface area (Å²) in [6.45, 7) is 11.0. The van der Waals surface area contributed by atoms with Crippen molar-refractivity contribution >= 4 is 0 Å². The van der Waals surface area contributed by atoms with Crippen LogP contribution in [0.3, 0.4) is 0 Å².